The number of carbonyl (C=O) groups is 3. The molecule has 0 N–H and O–H groups in total. The molecule has 2 aromatic rings. The van der Waals surface area contributed by atoms with E-state index in [9.17, 15) is 28.8 Å². The molecule has 0 saturated heterocycles. The molecule has 0 spiro atoms. The highest BCUT2D eigenvalue weighted by Gasteiger charge is 2.17. The maximum absolute atomic E-state index is 12.8. The fourth-order valence-electron chi connectivity index (χ4n) is 2.74. The zero-order chi connectivity index (χ0) is 25.1. The lowest BCUT2D eigenvalue weighted by Gasteiger charge is -2.14. The minimum atomic E-state index is -0.989. The molecule has 1 heterocycles. The van der Waals surface area contributed by atoms with Crippen molar-refractivity contribution in [3.8, 4) is 0 Å². The average molecular weight is 473 g/mol. The first-order valence-electron chi connectivity index (χ1n) is 10.0. The van der Waals surface area contributed by atoms with Crippen LogP contribution in [-0.2, 0) is 43.4 Å². The van der Waals surface area contributed by atoms with Crippen molar-refractivity contribution in [1.29, 1.82) is 0 Å². The van der Waals surface area contributed by atoms with E-state index in [0.29, 0.717) is 13.7 Å². The largest absolute Gasteiger partial charge is 0.461 e. The molecule has 1 aromatic carbocycles. The van der Waals surface area contributed by atoms with Gasteiger partial charge in [-0.15, -0.1) is 0 Å². The molecule has 0 aliphatic heterocycles. The minimum absolute atomic E-state index is 0.283. The molecule has 1 aromatic heterocycles. The number of esters is 3. The highest BCUT2D eigenvalue weighted by Crippen LogP contribution is 2.00. The van der Waals surface area contributed by atoms with Crippen molar-refractivity contribution in [2.75, 3.05) is 19.8 Å². The Balaban J connectivity index is 2.28. The number of aromatic nitrogens is 3. The second kappa shape index (κ2) is 12.5. The highest BCUT2D eigenvalue weighted by atomic mass is 16.5. The van der Waals surface area contributed by atoms with Gasteiger partial charge in [0.25, 0.3) is 0 Å². The minimum Gasteiger partial charge on any atom is -0.461 e. The Morgan fingerprint density at radius 3 is 1.44 bits per heavy atom. The molecule has 0 radical (unpaired) electrons. The number of rotatable bonds is 12. The van der Waals surface area contributed by atoms with E-state index in [0.717, 1.165) is 12.2 Å². The smallest absolute Gasteiger partial charge is 0.338 e. The van der Waals surface area contributed by atoms with Gasteiger partial charge in [0, 0.05) is 12.2 Å². The first kappa shape index (κ1) is 25.8. The van der Waals surface area contributed by atoms with Gasteiger partial charge in [-0.05, 0) is 12.1 Å². The van der Waals surface area contributed by atoms with Crippen molar-refractivity contribution in [1.82, 2.24) is 13.7 Å². The van der Waals surface area contributed by atoms with Crippen LogP contribution in [0.2, 0.25) is 0 Å². The quantitative estimate of drug-likeness (QED) is 0.226. The highest BCUT2D eigenvalue weighted by molar-refractivity contribution is 5.89. The first-order valence-corrected chi connectivity index (χ1v) is 10.0. The predicted octanol–water partition coefficient (Wildman–Crippen LogP) is -0.513. The number of ether oxygens (including phenoxy) is 3. The standard InChI is InChI=1S/C22H23N3O9/c1-3-17(26)32-13-10-23-20(29)24(11-14-33-18(27)4-2)22(31)25(21(23)30)12-15-34-19(28)16-8-6-5-7-9-16/h3-9H,1-2,10-15H2. The van der Waals surface area contributed by atoms with Gasteiger partial charge >= 0.3 is 35.0 Å². The average Bonchev–Trinajstić information content (AvgIpc) is 2.85. The molecule has 0 unspecified atom stereocenters. The van der Waals surface area contributed by atoms with E-state index >= 15 is 0 Å². The maximum atomic E-state index is 12.8. The van der Waals surface area contributed by atoms with Crippen molar-refractivity contribution in [3.05, 3.63) is 92.7 Å². The van der Waals surface area contributed by atoms with Crippen LogP contribution in [-0.4, -0.2) is 51.4 Å². The summed E-state index contributed by atoms with van der Waals surface area (Å²) < 4.78 is 16.8. The van der Waals surface area contributed by atoms with Gasteiger partial charge in [-0.3, -0.25) is 0 Å². The lowest BCUT2D eigenvalue weighted by molar-refractivity contribution is -0.138. The van der Waals surface area contributed by atoms with Crippen LogP contribution in [0.3, 0.4) is 0 Å². The number of hydrogen-bond acceptors (Lipinski definition) is 9. The Morgan fingerprint density at radius 1 is 0.676 bits per heavy atom. The van der Waals surface area contributed by atoms with E-state index in [1.165, 1.54) is 12.1 Å². The molecular formula is C22H23N3O9. The first-order chi connectivity index (χ1) is 16.3. The third kappa shape index (κ3) is 6.76. The number of nitrogens with zero attached hydrogens (tertiary/aromatic N) is 3. The van der Waals surface area contributed by atoms with E-state index in [-0.39, 0.29) is 45.0 Å². The van der Waals surface area contributed by atoms with E-state index in [2.05, 4.69) is 13.2 Å². The molecule has 0 atom stereocenters. The number of carbonyl (C=O) groups excluding carboxylic acids is 3. The van der Waals surface area contributed by atoms with Gasteiger partial charge in [0.05, 0.1) is 25.2 Å². The zero-order valence-electron chi connectivity index (χ0n) is 18.2. The zero-order valence-corrected chi connectivity index (χ0v) is 18.2. The van der Waals surface area contributed by atoms with Gasteiger partial charge in [-0.2, -0.15) is 0 Å². The van der Waals surface area contributed by atoms with Crippen molar-refractivity contribution >= 4 is 17.9 Å². The Kier molecular flexibility index (Phi) is 9.50. The second-order valence-corrected chi connectivity index (χ2v) is 6.55. The van der Waals surface area contributed by atoms with Gasteiger partial charge < -0.3 is 14.2 Å². The number of hydrogen-bond donors (Lipinski definition) is 0. The summed E-state index contributed by atoms with van der Waals surface area (Å²) in [4.78, 5) is 72.9. The fourth-order valence-corrected chi connectivity index (χ4v) is 2.74. The van der Waals surface area contributed by atoms with Gasteiger partial charge in [0.15, 0.2) is 0 Å². The van der Waals surface area contributed by atoms with Crippen LogP contribution < -0.4 is 17.1 Å². The Hall–Kier alpha value is -4.48. The SMILES string of the molecule is C=CC(=O)OCCn1c(=O)n(CCOC(=O)C=C)c(=O)n(CCOC(=O)c2ccccc2)c1=O. The maximum Gasteiger partial charge on any atom is 0.338 e. The van der Waals surface area contributed by atoms with Crippen LogP contribution in [0.5, 0.6) is 0 Å². The van der Waals surface area contributed by atoms with Crippen molar-refractivity contribution in [2.24, 2.45) is 0 Å². The molecule has 0 amide bonds. The molecule has 0 fully saturated rings. The monoisotopic (exact) mass is 473 g/mol. The van der Waals surface area contributed by atoms with Gasteiger partial charge in [0.2, 0.25) is 0 Å². The van der Waals surface area contributed by atoms with Gasteiger partial charge in [-0.25, -0.2) is 42.5 Å². The van der Waals surface area contributed by atoms with Crippen LogP contribution >= 0.6 is 0 Å². The Bertz CT molecular complexity index is 1170. The molecule has 180 valence electrons. The molecule has 0 bridgehead atoms. The van der Waals surface area contributed by atoms with Gasteiger partial charge in [0.1, 0.15) is 19.8 Å². The third-order valence-electron chi connectivity index (χ3n) is 4.39. The lowest BCUT2D eigenvalue weighted by Crippen LogP contribution is -2.55. The molecule has 12 nitrogen and oxygen atoms in total. The van der Waals surface area contributed by atoms with E-state index in [4.69, 9.17) is 14.2 Å². The molecule has 0 saturated carbocycles. The molecular weight excluding hydrogens is 450 g/mol. The Labute approximate surface area is 192 Å². The summed E-state index contributed by atoms with van der Waals surface area (Å²) in [5.41, 5.74) is -2.68. The van der Waals surface area contributed by atoms with E-state index in [1.807, 2.05) is 0 Å². The normalized spacial score (nSPS) is 10.2. The summed E-state index contributed by atoms with van der Waals surface area (Å²) in [6.45, 7) is 4.41. The molecule has 12 heteroatoms. The van der Waals surface area contributed by atoms with Crippen molar-refractivity contribution in [3.63, 3.8) is 0 Å². The van der Waals surface area contributed by atoms with Crippen LogP contribution in [0.25, 0.3) is 0 Å². The molecule has 0 aliphatic carbocycles. The van der Waals surface area contributed by atoms with E-state index in [1.54, 1.807) is 18.2 Å². The van der Waals surface area contributed by atoms with Crippen molar-refractivity contribution < 1.29 is 28.6 Å². The topological polar surface area (TPSA) is 145 Å². The second-order valence-electron chi connectivity index (χ2n) is 6.55. The molecule has 2 rings (SSSR count). The van der Waals surface area contributed by atoms with E-state index < -0.39 is 35.0 Å². The van der Waals surface area contributed by atoms with Crippen LogP contribution in [0.1, 0.15) is 10.4 Å². The summed E-state index contributed by atoms with van der Waals surface area (Å²) in [5.74, 6) is -2.17. The fraction of sp³-hybridized carbons (Fsp3) is 0.273. The molecule has 0 aliphatic rings. The third-order valence-corrected chi connectivity index (χ3v) is 4.39. The lowest BCUT2D eigenvalue weighted by atomic mass is 10.2. The Morgan fingerprint density at radius 2 is 1.06 bits per heavy atom. The van der Waals surface area contributed by atoms with Crippen molar-refractivity contribution in [2.45, 2.75) is 19.6 Å². The van der Waals surface area contributed by atoms with Crippen LogP contribution in [0, 0.1) is 0 Å². The van der Waals surface area contributed by atoms with Gasteiger partial charge in [-0.1, -0.05) is 31.4 Å². The summed E-state index contributed by atoms with van der Waals surface area (Å²) in [6.07, 6.45) is 1.83. The summed E-state index contributed by atoms with van der Waals surface area (Å²) in [7, 11) is 0. The number of benzene rings is 1. The van der Waals surface area contributed by atoms with Crippen LogP contribution in [0.15, 0.2) is 70.0 Å². The summed E-state index contributed by atoms with van der Waals surface area (Å²) in [6, 6.07) is 8.09. The van der Waals surface area contributed by atoms with Crippen LogP contribution in [0.4, 0.5) is 0 Å². The summed E-state index contributed by atoms with van der Waals surface area (Å²) in [5, 5.41) is 0. The summed E-state index contributed by atoms with van der Waals surface area (Å²) >= 11 is 0. The molecule has 34 heavy (non-hydrogen) atoms. The predicted molar refractivity (Wildman–Crippen MR) is 118 cm³/mol.